The third-order valence-corrected chi connectivity index (χ3v) is 3.23. The first-order valence-corrected chi connectivity index (χ1v) is 6.66. The highest BCUT2D eigenvalue weighted by atomic mass is 32.2. The van der Waals surface area contributed by atoms with Crippen LogP contribution in [0.3, 0.4) is 0 Å². The van der Waals surface area contributed by atoms with Crippen LogP contribution in [0.25, 0.3) is 0 Å². The van der Waals surface area contributed by atoms with Crippen LogP contribution in [-0.2, 0) is 0 Å². The Morgan fingerprint density at radius 2 is 1.93 bits per heavy atom. The summed E-state index contributed by atoms with van der Waals surface area (Å²) in [6, 6.07) is 9.56. The summed E-state index contributed by atoms with van der Waals surface area (Å²) < 4.78 is 0. The predicted octanol–water partition coefficient (Wildman–Crippen LogP) is 3.79. The zero-order valence-electron chi connectivity index (χ0n) is 9.24. The van der Waals surface area contributed by atoms with E-state index < -0.39 is 0 Å². The molecule has 82 valence electrons. The Morgan fingerprint density at radius 1 is 1.20 bits per heavy atom. The molecule has 0 aliphatic heterocycles. The van der Waals surface area contributed by atoms with E-state index in [0.717, 1.165) is 18.4 Å². The van der Waals surface area contributed by atoms with Gasteiger partial charge in [0.15, 0.2) is 5.78 Å². The lowest BCUT2D eigenvalue weighted by atomic mass is 10.1. The molecule has 0 aliphatic rings. The van der Waals surface area contributed by atoms with Crippen LogP contribution in [-0.4, -0.2) is 17.3 Å². The highest BCUT2D eigenvalue weighted by molar-refractivity contribution is 7.99. The molecule has 1 aromatic carbocycles. The van der Waals surface area contributed by atoms with E-state index in [1.807, 2.05) is 42.1 Å². The third kappa shape index (κ3) is 5.03. The topological polar surface area (TPSA) is 17.1 Å². The molecule has 15 heavy (non-hydrogen) atoms. The van der Waals surface area contributed by atoms with Gasteiger partial charge >= 0.3 is 0 Å². The van der Waals surface area contributed by atoms with Gasteiger partial charge in [-0.2, -0.15) is 11.8 Å². The maximum Gasteiger partial charge on any atom is 0.162 e. The lowest BCUT2D eigenvalue weighted by molar-refractivity contribution is 0.0980. The standard InChI is InChI=1S/C13H18OS/c1-2-15-11-7-6-10-13(14)12-8-4-3-5-9-12/h3-5,8-9H,2,6-7,10-11H2,1H3. The molecule has 0 N–H and O–H groups in total. The summed E-state index contributed by atoms with van der Waals surface area (Å²) in [7, 11) is 0. The SMILES string of the molecule is CCSCCCCC(=O)c1ccccc1. The zero-order chi connectivity index (χ0) is 10.9. The molecule has 0 saturated carbocycles. The molecule has 0 bridgehead atoms. The van der Waals surface area contributed by atoms with Crippen molar-refractivity contribution in [1.29, 1.82) is 0 Å². The Hall–Kier alpha value is -0.760. The van der Waals surface area contributed by atoms with Crippen molar-refractivity contribution in [2.45, 2.75) is 26.2 Å². The molecule has 2 heteroatoms. The fraction of sp³-hybridized carbons (Fsp3) is 0.462. The number of carbonyl (C=O) groups is 1. The van der Waals surface area contributed by atoms with Crippen LogP contribution in [0.5, 0.6) is 0 Å². The maximum atomic E-state index is 11.7. The van der Waals surface area contributed by atoms with Gasteiger partial charge in [-0.05, 0) is 24.3 Å². The van der Waals surface area contributed by atoms with Crippen LogP contribution in [0.2, 0.25) is 0 Å². The summed E-state index contributed by atoms with van der Waals surface area (Å²) in [4.78, 5) is 11.7. The number of unbranched alkanes of at least 4 members (excludes halogenated alkanes) is 1. The Balaban J connectivity index is 2.20. The third-order valence-electron chi connectivity index (χ3n) is 2.24. The van der Waals surface area contributed by atoms with Gasteiger partial charge in [0.1, 0.15) is 0 Å². The number of benzene rings is 1. The molecule has 0 saturated heterocycles. The number of carbonyl (C=O) groups excluding carboxylic acids is 1. The molecule has 1 aromatic rings. The molecule has 1 rings (SSSR count). The average molecular weight is 222 g/mol. The van der Waals surface area contributed by atoms with E-state index in [1.54, 1.807) is 0 Å². The van der Waals surface area contributed by atoms with Crippen LogP contribution in [0.1, 0.15) is 36.5 Å². The number of ketones is 1. The molecule has 0 atom stereocenters. The molecular weight excluding hydrogens is 204 g/mol. The maximum absolute atomic E-state index is 11.7. The second-order valence-corrected chi connectivity index (χ2v) is 4.84. The summed E-state index contributed by atoms with van der Waals surface area (Å²) in [6.07, 6.45) is 2.85. The highest BCUT2D eigenvalue weighted by Gasteiger charge is 2.03. The Morgan fingerprint density at radius 3 is 2.60 bits per heavy atom. The molecule has 0 amide bonds. The minimum atomic E-state index is 0.275. The zero-order valence-corrected chi connectivity index (χ0v) is 10.1. The minimum absolute atomic E-state index is 0.275. The molecule has 1 nitrogen and oxygen atoms in total. The molecule has 0 heterocycles. The molecule has 0 spiro atoms. The number of hydrogen-bond acceptors (Lipinski definition) is 2. The van der Waals surface area contributed by atoms with Gasteiger partial charge in [-0.1, -0.05) is 37.3 Å². The van der Waals surface area contributed by atoms with E-state index in [2.05, 4.69) is 6.92 Å². The molecule has 0 unspecified atom stereocenters. The predicted molar refractivity (Wildman–Crippen MR) is 67.6 cm³/mol. The second kappa shape index (κ2) is 7.52. The number of hydrogen-bond donors (Lipinski definition) is 0. The van der Waals surface area contributed by atoms with Gasteiger partial charge in [-0.25, -0.2) is 0 Å². The smallest absolute Gasteiger partial charge is 0.162 e. The first-order valence-electron chi connectivity index (χ1n) is 5.50. The lowest BCUT2D eigenvalue weighted by Gasteiger charge is -2.00. The first-order chi connectivity index (χ1) is 7.34. The first kappa shape index (κ1) is 12.3. The van der Waals surface area contributed by atoms with Crippen molar-refractivity contribution in [2.75, 3.05) is 11.5 Å². The largest absolute Gasteiger partial charge is 0.294 e. The summed E-state index contributed by atoms with van der Waals surface area (Å²) in [5.41, 5.74) is 0.848. The summed E-state index contributed by atoms with van der Waals surface area (Å²) >= 11 is 1.94. The van der Waals surface area contributed by atoms with Crippen LogP contribution in [0, 0.1) is 0 Å². The number of Topliss-reactive ketones (excluding diaryl/α,β-unsaturated/α-hetero) is 1. The van der Waals surface area contributed by atoms with Crippen LogP contribution >= 0.6 is 11.8 Å². The van der Waals surface area contributed by atoms with Crippen LogP contribution in [0.4, 0.5) is 0 Å². The van der Waals surface area contributed by atoms with E-state index in [0.29, 0.717) is 6.42 Å². The van der Waals surface area contributed by atoms with Gasteiger partial charge in [0.2, 0.25) is 0 Å². The van der Waals surface area contributed by atoms with Gasteiger partial charge in [-0.3, -0.25) is 4.79 Å². The van der Waals surface area contributed by atoms with Gasteiger partial charge < -0.3 is 0 Å². The summed E-state index contributed by atoms with van der Waals surface area (Å²) in [5, 5.41) is 0. The lowest BCUT2D eigenvalue weighted by Crippen LogP contribution is -1.98. The van der Waals surface area contributed by atoms with Crippen molar-refractivity contribution in [2.24, 2.45) is 0 Å². The Labute approximate surface area is 96.3 Å². The highest BCUT2D eigenvalue weighted by Crippen LogP contribution is 2.09. The fourth-order valence-electron chi connectivity index (χ4n) is 1.40. The monoisotopic (exact) mass is 222 g/mol. The molecule has 0 fully saturated rings. The normalized spacial score (nSPS) is 10.2. The fourth-order valence-corrected chi connectivity index (χ4v) is 2.10. The minimum Gasteiger partial charge on any atom is -0.294 e. The number of rotatable bonds is 7. The van der Waals surface area contributed by atoms with Crippen LogP contribution < -0.4 is 0 Å². The number of thioether (sulfide) groups is 1. The molecular formula is C13H18OS. The van der Waals surface area contributed by atoms with E-state index in [9.17, 15) is 4.79 Å². The van der Waals surface area contributed by atoms with Gasteiger partial charge in [0, 0.05) is 12.0 Å². The van der Waals surface area contributed by atoms with Gasteiger partial charge in [-0.15, -0.1) is 0 Å². The summed E-state index contributed by atoms with van der Waals surface area (Å²) in [5.74, 6) is 2.63. The second-order valence-electron chi connectivity index (χ2n) is 3.44. The van der Waals surface area contributed by atoms with E-state index >= 15 is 0 Å². The average Bonchev–Trinajstić information content (AvgIpc) is 2.30. The van der Waals surface area contributed by atoms with E-state index in [1.165, 1.54) is 11.5 Å². The van der Waals surface area contributed by atoms with Gasteiger partial charge in [0.05, 0.1) is 0 Å². The Bertz CT molecular complexity index is 282. The van der Waals surface area contributed by atoms with Crippen molar-refractivity contribution in [3.63, 3.8) is 0 Å². The molecule has 0 aliphatic carbocycles. The van der Waals surface area contributed by atoms with Crippen molar-refractivity contribution < 1.29 is 4.79 Å². The van der Waals surface area contributed by atoms with Crippen molar-refractivity contribution >= 4 is 17.5 Å². The Kier molecular flexibility index (Phi) is 6.17. The van der Waals surface area contributed by atoms with Crippen molar-refractivity contribution in [1.82, 2.24) is 0 Å². The van der Waals surface area contributed by atoms with Gasteiger partial charge in [0.25, 0.3) is 0 Å². The quantitative estimate of drug-likeness (QED) is 0.515. The molecule has 0 aromatic heterocycles. The van der Waals surface area contributed by atoms with Crippen molar-refractivity contribution in [3.8, 4) is 0 Å². The molecule has 0 radical (unpaired) electrons. The van der Waals surface area contributed by atoms with Crippen LogP contribution in [0.15, 0.2) is 30.3 Å². The van der Waals surface area contributed by atoms with E-state index in [4.69, 9.17) is 0 Å². The summed E-state index contributed by atoms with van der Waals surface area (Å²) in [6.45, 7) is 2.17. The van der Waals surface area contributed by atoms with Crippen molar-refractivity contribution in [3.05, 3.63) is 35.9 Å². The van der Waals surface area contributed by atoms with E-state index in [-0.39, 0.29) is 5.78 Å².